The molecule has 0 saturated carbocycles. The number of nitrogens with one attached hydrogen (secondary N) is 1. The van der Waals surface area contributed by atoms with Crippen LogP contribution in [0.15, 0.2) is 30.7 Å². The molecular formula is C14H11F4N3O3. The molecule has 0 spiro atoms. The van der Waals surface area contributed by atoms with Gasteiger partial charge in [0.2, 0.25) is 5.88 Å². The molecule has 128 valence electrons. The lowest BCUT2D eigenvalue weighted by Gasteiger charge is -2.11. The minimum Gasteiger partial charge on any atom is -0.481 e. The number of carbonyl (C=O) groups is 1. The average molecular weight is 345 g/mol. The number of alkyl halides is 3. The molecule has 0 saturated heterocycles. The Balaban J connectivity index is 2.06. The van der Waals surface area contributed by atoms with Crippen molar-refractivity contribution in [3.05, 3.63) is 47.7 Å². The Hall–Kier alpha value is -2.91. The lowest BCUT2D eigenvalue weighted by molar-refractivity contribution is -0.275. The minimum atomic E-state index is -5.02. The molecule has 0 radical (unpaired) electrons. The van der Waals surface area contributed by atoms with Gasteiger partial charge in [-0.15, -0.1) is 13.2 Å². The highest BCUT2D eigenvalue weighted by Gasteiger charge is 2.32. The number of benzene rings is 1. The van der Waals surface area contributed by atoms with E-state index in [1.54, 1.807) is 0 Å². The maximum atomic E-state index is 13.6. The number of hydrogen-bond acceptors (Lipinski definition) is 5. The van der Waals surface area contributed by atoms with Gasteiger partial charge in [-0.1, -0.05) is 0 Å². The third-order valence-electron chi connectivity index (χ3n) is 2.80. The molecule has 0 aliphatic carbocycles. The monoisotopic (exact) mass is 345 g/mol. The number of amides is 1. The molecule has 0 aliphatic heterocycles. The topological polar surface area (TPSA) is 73.3 Å². The fraction of sp³-hybridized carbons (Fsp3) is 0.214. The standard InChI is InChI=1S/C14H11F4N3O3/c1-23-13-9(5-19-7-21-13)6-20-12(22)8-2-3-11(10(15)4-8)24-14(16,17)18/h2-5,7H,6H2,1H3,(H,20,22). The first-order valence-corrected chi connectivity index (χ1v) is 6.46. The van der Waals surface area contributed by atoms with Crippen molar-refractivity contribution in [1.82, 2.24) is 15.3 Å². The van der Waals surface area contributed by atoms with Crippen molar-refractivity contribution in [3.63, 3.8) is 0 Å². The highest BCUT2D eigenvalue weighted by molar-refractivity contribution is 5.94. The fourth-order valence-corrected chi connectivity index (χ4v) is 1.78. The number of ether oxygens (including phenoxy) is 2. The largest absolute Gasteiger partial charge is 0.573 e. The van der Waals surface area contributed by atoms with Crippen LogP contribution in [0.5, 0.6) is 11.6 Å². The Morgan fingerprint density at radius 3 is 2.71 bits per heavy atom. The van der Waals surface area contributed by atoms with Gasteiger partial charge in [0.1, 0.15) is 6.33 Å². The molecule has 6 nitrogen and oxygen atoms in total. The van der Waals surface area contributed by atoms with Crippen LogP contribution in [0.3, 0.4) is 0 Å². The zero-order chi connectivity index (χ0) is 17.7. The number of hydrogen-bond donors (Lipinski definition) is 1. The zero-order valence-corrected chi connectivity index (χ0v) is 12.2. The molecular weight excluding hydrogens is 334 g/mol. The van der Waals surface area contributed by atoms with Gasteiger partial charge in [0.15, 0.2) is 11.6 Å². The lowest BCUT2D eigenvalue weighted by atomic mass is 10.2. The van der Waals surface area contributed by atoms with E-state index in [1.807, 2.05) is 0 Å². The average Bonchev–Trinajstić information content (AvgIpc) is 2.53. The van der Waals surface area contributed by atoms with Crippen LogP contribution < -0.4 is 14.8 Å². The van der Waals surface area contributed by atoms with Gasteiger partial charge in [0, 0.05) is 18.3 Å². The summed E-state index contributed by atoms with van der Waals surface area (Å²) >= 11 is 0. The van der Waals surface area contributed by atoms with Crippen LogP contribution >= 0.6 is 0 Å². The summed E-state index contributed by atoms with van der Waals surface area (Å²) in [4.78, 5) is 19.6. The Morgan fingerprint density at radius 2 is 2.08 bits per heavy atom. The van der Waals surface area contributed by atoms with Crippen LogP contribution in [-0.2, 0) is 6.54 Å². The quantitative estimate of drug-likeness (QED) is 0.843. The Kier molecular flexibility index (Phi) is 5.17. The van der Waals surface area contributed by atoms with Crippen molar-refractivity contribution in [3.8, 4) is 11.6 Å². The van der Waals surface area contributed by atoms with E-state index >= 15 is 0 Å². The second-order valence-electron chi connectivity index (χ2n) is 4.43. The predicted molar refractivity (Wildman–Crippen MR) is 72.8 cm³/mol. The Bertz CT molecular complexity index is 737. The molecule has 2 rings (SSSR count). The van der Waals surface area contributed by atoms with Crippen molar-refractivity contribution >= 4 is 5.91 Å². The van der Waals surface area contributed by atoms with Gasteiger partial charge in [-0.05, 0) is 18.2 Å². The van der Waals surface area contributed by atoms with E-state index in [1.165, 1.54) is 19.6 Å². The number of rotatable bonds is 5. The third kappa shape index (κ3) is 4.54. The zero-order valence-electron chi connectivity index (χ0n) is 12.2. The van der Waals surface area contributed by atoms with E-state index in [0.717, 1.165) is 12.1 Å². The first-order chi connectivity index (χ1) is 11.3. The molecule has 0 bridgehead atoms. The van der Waals surface area contributed by atoms with Crippen LogP contribution in [0.4, 0.5) is 17.6 Å². The summed E-state index contributed by atoms with van der Waals surface area (Å²) in [5.41, 5.74) is 0.309. The van der Waals surface area contributed by atoms with Crippen molar-refractivity contribution in [2.75, 3.05) is 7.11 Å². The number of aromatic nitrogens is 2. The molecule has 1 aromatic heterocycles. The molecule has 1 heterocycles. The summed E-state index contributed by atoms with van der Waals surface area (Å²) < 4.78 is 58.2. The van der Waals surface area contributed by atoms with Gasteiger partial charge in [0.25, 0.3) is 5.91 Å². The van der Waals surface area contributed by atoms with Crippen molar-refractivity contribution in [2.24, 2.45) is 0 Å². The minimum absolute atomic E-state index is 0.00866. The summed E-state index contributed by atoms with van der Waals surface area (Å²) in [5.74, 6) is -2.76. The van der Waals surface area contributed by atoms with Crippen LogP contribution in [0.2, 0.25) is 0 Å². The lowest BCUT2D eigenvalue weighted by Crippen LogP contribution is -2.24. The first kappa shape index (κ1) is 17.4. The van der Waals surface area contributed by atoms with Crippen LogP contribution in [0, 0.1) is 5.82 Å². The number of halogens is 4. The predicted octanol–water partition coefficient (Wildman–Crippen LogP) is 2.45. The van der Waals surface area contributed by atoms with Gasteiger partial charge >= 0.3 is 6.36 Å². The van der Waals surface area contributed by atoms with E-state index in [-0.39, 0.29) is 18.0 Å². The van der Waals surface area contributed by atoms with Gasteiger partial charge in [-0.2, -0.15) is 0 Å². The van der Waals surface area contributed by atoms with Crippen molar-refractivity contribution < 1.29 is 31.8 Å². The first-order valence-electron chi connectivity index (χ1n) is 6.46. The third-order valence-corrected chi connectivity index (χ3v) is 2.80. The van der Waals surface area contributed by atoms with Crippen molar-refractivity contribution in [1.29, 1.82) is 0 Å². The summed E-state index contributed by atoms with van der Waals surface area (Å²) in [6, 6.07) is 2.39. The molecule has 0 unspecified atom stereocenters. The second kappa shape index (κ2) is 7.11. The van der Waals surface area contributed by atoms with Gasteiger partial charge < -0.3 is 14.8 Å². The maximum absolute atomic E-state index is 13.6. The molecule has 1 N–H and O–H groups in total. The van der Waals surface area contributed by atoms with Crippen LogP contribution in [-0.4, -0.2) is 29.3 Å². The fourth-order valence-electron chi connectivity index (χ4n) is 1.78. The maximum Gasteiger partial charge on any atom is 0.573 e. The van der Waals surface area contributed by atoms with Crippen molar-refractivity contribution in [2.45, 2.75) is 12.9 Å². The Labute approximate surface area is 133 Å². The normalized spacial score (nSPS) is 11.0. The van der Waals surface area contributed by atoms with E-state index in [0.29, 0.717) is 11.6 Å². The Morgan fingerprint density at radius 1 is 1.33 bits per heavy atom. The van der Waals surface area contributed by atoms with Crippen LogP contribution in [0.25, 0.3) is 0 Å². The molecule has 0 atom stereocenters. The second-order valence-corrected chi connectivity index (χ2v) is 4.43. The van der Waals surface area contributed by atoms with Crippen LogP contribution in [0.1, 0.15) is 15.9 Å². The van der Waals surface area contributed by atoms with E-state index < -0.39 is 23.8 Å². The SMILES string of the molecule is COc1ncncc1CNC(=O)c1ccc(OC(F)(F)F)c(F)c1. The number of methoxy groups -OCH3 is 1. The smallest absolute Gasteiger partial charge is 0.481 e. The molecule has 1 aromatic carbocycles. The van der Waals surface area contributed by atoms with Gasteiger partial charge in [-0.25, -0.2) is 14.4 Å². The molecule has 24 heavy (non-hydrogen) atoms. The molecule has 1 amide bonds. The molecule has 0 fully saturated rings. The van der Waals surface area contributed by atoms with Gasteiger partial charge in [-0.3, -0.25) is 4.79 Å². The van der Waals surface area contributed by atoms with E-state index in [2.05, 4.69) is 20.0 Å². The van der Waals surface area contributed by atoms with Gasteiger partial charge in [0.05, 0.1) is 12.7 Å². The summed E-state index contributed by atoms with van der Waals surface area (Å²) in [6.07, 6.45) is -2.33. The van der Waals surface area contributed by atoms with E-state index in [9.17, 15) is 22.4 Å². The highest BCUT2D eigenvalue weighted by Crippen LogP contribution is 2.26. The summed E-state index contributed by atoms with van der Waals surface area (Å²) in [6.45, 7) is -0.00866. The van der Waals surface area contributed by atoms with E-state index in [4.69, 9.17) is 4.74 Å². The summed E-state index contributed by atoms with van der Waals surface area (Å²) in [7, 11) is 1.39. The molecule has 10 heteroatoms. The molecule has 2 aromatic rings. The number of nitrogens with zero attached hydrogens (tertiary/aromatic N) is 2. The number of carbonyl (C=O) groups excluding carboxylic acids is 1. The molecule has 0 aliphatic rings. The summed E-state index contributed by atoms with van der Waals surface area (Å²) in [5, 5.41) is 2.46. The highest BCUT2D eigenvalue weighted by atomic mass is 19.4.